The number of nitrogens with one attached hydrogen (secondary N) is 1. The molecule has 0 amide bonds. The van der Waals surface area contributed by atoms with Crippen LogP contribution < -0.4 is 5.32 Å². The summed E-state index contributed by atoms with van der Waals surface area (Å²) in [6.07, 6.45) is 6.47. The summed E-state index contributed by atoms with van der Waals surface area (Å²) in [5.74, 6) is -1.72. The lowest BCUT2D eigenvalue weighted by molar-refractivity contribution is -0.131. The van der Waals surface area contributed by atoms with Crippen LogP contribution in [0, 0.1) is 0 Å². The van der Waals surface area contributed by atoms with Gasteiger partial charge in [-0.05, 0) is 75.4 Å². The van der Waals surface area contributed by atoms with Gasteiger partial charge in [-0.25, -0.2) is 0 Å². The number of benzene rings is 4. The number of ketones is 2. The fourth-order valence-electron chi connectivity index (χ4n) is 7.22. The fourth-order valence-corrected chi connectivity index (χ4v) is 7.22. The Morgan fingerprint density at radius 1 is 0.818 bits per heavy atom. The monoisotopic (exact) mass is 580 g/mol. The number of Topliss-reactive ketones (excluding diaryl/α,β-unsaturated/α-hetero) is 2. The van der Waals surface area contributed by atoms with Gasteiger partial charge in [0.2, 0.25) is 11.6 Å². The van der Waals surface area contributed by atoms with Gasteiger partial charge in [0, 0.05) is 22.2 Å². The average Bonchev–Trinajstić information content (AvgIpc) is 3.50. The molecule has 1 aliphatic carbocycles. The van der Waals surface area contributed by atoms with Gasteiger partial charge in [0.15, 0.2) is 0 Å². The molecule has 4 aromatic carbocycles. The first-order valence-corrected chi connectivity index (χ1v) is 15.4. The zero-order valence-electron chi connectivity index (χ0n) is 25.8. The molecule has 7 rings (SSSR count). The van der Waals surface area contributed by atoms with Crippen molar-refractivity contribution in [2.45, 2.75) is 64.7 Å². The molecule has 44 heavy (non-hydrogen) atoms. The van der Waals surface area contributed by atoms with Gasteiger partial charge in [0.05, 0.1) is 22.5 Å². The van der Waals surface area contributed by atoms with Gasteiger partial charge >= 0.3 is 0 Å². The molecule has 0 radical (unpaired) electrons. The molecule has 0 bridgehead atoms. The number of aryl methyl sites for hydroxylation is 1. The highest BCUT2D eigenvalue weighted by molar-refractivity contribution is 6.54. The third kappa shape index (κ3) is 4.02. The normalized spacial score (nSPS) is 20.2. The maximum atomic E-state index is 13.4. The molecule has 0 fully saturated rings. The number of nitrogens with zero attached hydrogens (tertiary/aromatic N) is 1. The Morgan fingerprint density at radius 3 is 2.27 bits per heavy atom. The van der Waals surface area contributed by atoms with Crippen LogP contribution in [-0.2, 0) is 26.8 Å². The second-order valence-corrected chi connectivity index (χ2v) is 13.2. The lowest BCUT2D eigenvalue weighted by Gasteiger charge is -2.23. The number of aliphatic imine (C=N–C) groups is 1. The quantitative estimate of drug-likeness (QED) is 0.183. The van der Waals surface area contributed by atoms with E-state index in [4.69, 9.17) is 4.99 Å². The van der Waals surface area contributed by atoms with Gasteiger partial charge in [-0.15, -0.1) is 0 Å². The van der Waals surface area contributed by atoms with E-state index in [0.717, 1.165) is 58.2 Å². The van der Waals surface area contributed by atoms with Crippen LogP contribution in [0.25, 0.3) is 21.5 Å². The highest BCUT2D eigenvalue weighted by Crippen LogP contribution is 2.49. The number of hydrogen-bond acceptors (Lipinski definition) is 5. The molecular weight excluding hydrogens is 544 g/mol. The van der Waals surface area contributed by atoms with Gasteiger partial charge in [0.25, 0.3) is 0 Å². The summed E-state index contributed by atoms with van der Waals surface area (Å²) in [5, 5.41) is 19.6. The van der Waals surface area contributed by atoms with Crippen molar-refractivity contribution in [3.8, 4) is 0 Å². The Labute approximate surface area is 257 Å². The van der Waals surface area contributed by atoms with E-state index < -0.39 is 22.4 Å². The zero-order valence-corrected chi connectivity index (χ0v) is 25.8. The van der Waals surface area contributed by atoms with Crippen molar-refractivity contribution in [1.29, 1.82) is 0 Å². The molecule has 0 saturated carbocycles. The Kier molecular flexibility index (Phi) is 6.29. The third-order valence-electron chi connectivity index (χ3n) is 9.69. The molecule has 5 nitrogen and oxygen atoms in total. The van der Waals surface area contributed by atoms with Crippen molar-refractivity contribution in [3.63, 3.8) is 0 Å². The topological polar surface area (TPSA) is 78.8 Å². The van der Waals surface area contributed by atoms with Crippen LogP contribution in [0.2, 0.25) is 0 Å². The number of carbonyl (C=O) groups is 2. The standard InChI is InChI=1S/C39H36N2O3/c1-6-7-12-23-19-30-34(26-16-11-10-14-24(23)26)39(4,5)32(41-30)21-28-35(42)27(36(43)37(28)44)20-31-38(2,3)33-25-15-9-8-13-22(25)17-18-29(33)40-31/h8-11,13-21,41-42H,6-7,12H2,1-5H3/b27-20+,32-21+. The van der Waals surface area contributed by atoms with Crippen LogP contribution in [0.5, 0.6) is 0 Å². The van der Waals surface area contributed by atoms with Gasteiger partial charge in [-0.2, -0.15) is 0 Å². The summed E-state index contributed by atoms with van der Waals surface area (Å²) in [6, 6.07) is 22.9. The number of hydrogen-bond donors (Lipinski definition) is 2. The number of allylic oxidation sites excluding steroid dienone is 5. The first-order valence-electron chi connectivity index (χ1n) is 15.4. The highest BCUT2D eigenvalue weighted by atomic mass is 16.3. The predicted octanol–water partition coefficient (Wildman–Crippen LogP) is 8.88. The van der Waals surface area contributed by atoms with Crippen molar-refractivity contribution in [2.75, 3.05) is 5.32 Å². The molecule has 0 spiro atoms. The SMILES string of the molecule is CCCCc1cc2c(c3ccccc13)C(C)(C)/C(=C\C1=C(O)C(=C\C3=Nc4ccc5ccccc5c4C3(C)C)/C(=O)C1=O)N2. The van der Waals surface area contributed by atoms with Crippen LogP contribution in [0.15, 0.2) is 106 Å². The zero-order chi connectivity index (χ0) is 31.0. The van der Waals surface area contributed by atoms with Crippen molar-refractivity contribution in [3.05, 3.63) is 118 Å². The molecule has 2 N–H and O–H groups in total. The lowest BCUT2D eigenvalue weighted by Crippen LogP contribution is -2.25. The second kappa shape index (κ2) is 9.88. The molecule has 0 unspecified atom stereocenters. The maximum Gasteiger partial charge on any atom is 0.237 e. The molecule has 0 saturated heterocycles. The van der Waals surface area contributed by atoms with E-state index in [1.807, 2.05) is 24.3 Å². The van der Waals surface area contributed by atoms with Crippen molar-refractivity contribution in [2.24, 2.45) is 4.99 Å². The van der Waals surface area contributed by atoms with Crippen molar-refractivity contribution in [1.82, 2.24) is 0 Å². The van der Waals surface area contributed by atoms with E-state index in [1.165, 1.54) is 16.3 Å². The molecule has 5 heteroatoms. The minimum Gasteiger partial charge on any atom is -0.506 e. The number of anilines is 1. The summed E-state index contributed by atoms with van der Waals surface area (Å²) < 4.78 is 0. The Hall–Kier alpha value is -4.77. The maximum absolute atomic E-state index is 13.4. The molecule has 3 aliphatic rings. The number of unbranched alkanes of at least 4 members (excludes halogenated alkanes) is 1. The number of aliphatic hydroxyl groups is 1. The molecule has 2 aliphatic heterocycles. The summed E-state index contributed by atoms with van der Waals surface area (Å²) in [4.78, 5) is 31.6. The molecule has 0 atom stereocenters. The Balaban J connectivity index is 1.30. The van der Waals surface area contributed by atoms with E-state index in [1.54, 1.807) is 12.2 Å². The van der Waals surface area contributed by atoms with Gasteiger partial charge in [0.1, 0.15) is 5.76 Å². The Bertz CT molecular complexity index is 2070. The first-order chi connectivity index (χ1) is 21.0. The Morgan fingerprint density at radius 2 is 1.52 bits per heavy atom. The predicted molar refractivity (Wildman–Crippen MR) is 179 cm³/mol. The second-order valence-electron chi connectivity index (χ2n) is 13.2. The number of aliphatic hydroxyl groups excluding tert-OH is 1. The van der Waals surface area contributed by atoms with Crippen LogP contribution in [0.3, 0.4) is 0 Å². The van der Waals surface area contributed by atoms with Gasteiger partial charge in [-0.3, -0.25) is 14.6 Å². The summed E-state index contributed by atoms with van der Waals surface area (Å²) in [5.41, 5.74) is 5.76. The highest BCUT2D eigenvalue weighted by Gasteiger charge is 2.42. The minimum atomic E-state index is -0.714. The van der Waals surface area contributed by atoms with Crippen LogP contribution >= 0.6 is 0 Å². The summed E-state index contributed by atoms with van der Waals surface area (Å²) >= 11 is 0. The first kappa shape index (κ1) is 28.0. The summed E-state index contributed by atoms with van der Waals surface area (Å²) in [6.45, 7) is 10.5. The number of fused-ring (bicyclic) bond motifs is 6. The van der Waals surface area contributed by atoms with Crippen LogP contribution in [-0.4, -0.2) is 22.4 Å². The van der Waals surface area contributed by atoms with Gasteiger partial charge in [-0.1, -0.05) is 95.6 Å². The van der Waals surface area contributed by atoms with Crippen LogP contribution in [0.4, 0.5) is 11.4 Å². The average molecular weight is 581 g/mol. The van der Waals surface area contributed by atoms with Crippen LogP contribution in [0.1, 0.15) is 64.2 Å². The van der Waals surface area contributed by atoms with E-state index in [2.05, 4.69) is 82.4 Å². The fraction of sp³-hybridized carbons (Fsp3) is 0.256. The lowest BCUT2D eigenvalue weighted by atomic mass is 9.78. The number of rotatable bonds is 5. The van der Waals surface area contributed by atoms with E-state index in [-0.39, 0.29) is 16.9 Å². The van der Waals surface area contributed by atoms with E-state index in [9.17, 15) is 14.7 Å². The van der Waals surface area contributed by atoms with Crippen molar-refractivity contribution < 1.29 is 14.7 Å². The molecule has 220 valence electrons. The smallest absolute Gasteiger partial charge is 0.237 e. The number of carbonyl (C=O) groups excluding carboxylic acids is 2. The van der Waals surface area contributed by atoms with E-state index >= 15 is 0 Å². The minimum absolute atomic E-state index is 0.00796. The van der Waals surface area contributed by atoms with E-state index in [0.29, 0.717) is 5.71 Å². The molecule has 2 heterocycles. The summed E-state index contributed by atoms with van der Waals surface area (Å²) in [7, 11) is 0. The molecular formula is C39H36N2O3. The largest absolute Gasteiger partial charge is 0.506 e. The van der Waals surface area contributed by atoms with Gasteiger partial charge < -0.3 is 10.4 Å². The molecule has 0 aromatic heterocycles. The molecule has 4 aromatic rings. The third-order valence-corrected chi connectivity index (χ3v) is 9.69. The van der Waals surface area contributed by atoms with Crippen molar-refractivity contribution >= 4 is 50.2 Å².